The number of nitro benzene ring substituents is 1. The van der Waals surface area contributed by atoms with E-state index in [1.54, 1.807) is 13.0 Å². The van der Waals surface area contributed by atoms with Gasteiger partial charge >= 0.3 is 0 Å². The number of amides is 1. The van der Waals surface area contributed by atoms with Crippen LogP contribution in [-0.4, -0.2) is 36.6 Å². The van der Waals surface area contributed by atoms with Crippen molar-refractivity contribution in [3.8, 4) is 0 Å². The Kier molecular flexibility index (Phi) is 5.76. The van der Waals surface area contributed by atoms with Crippen molar-refractivity contribution < 1.29 is 18.1 Å². The molecular weight excluding hydrogens is 382 g/mol. The summed E-state index contributed by atoms with van der Waals surface area (Å²) in [6.45, 7) is 2.73. The number of piperidine rings is 1. The van der Waals surface area contributed by atoms with E-state index in [-0.39, 0.29) is 16.1 Å². The zero-order valence-electron chi connectivity index (χ0n) is 15.4. The number of anilines is 1. The molecule has 2 aromatic rings. The van der Waals surface area contributed by atoms with Crippen LogP contribution in [0.4, 0.5) is 11.4 Å². The summed E-state index contributed by atoms with van der Waals surface area (Å²) >= 11 is 0. The van der Waals surface area contributed by atoms with Crippen molar-refractivity contribution in [1.82, 2.24) is 4.31 Å². The van der Waals surface area contributed by atoms with E-state index in [2.05, 4.69) is 5.32 Å². The van der Waals surface area contributed by atoms with E-state index in [1.807, 2.05) is 0 Å². The topological polar surface area (TPSA) is 110 Å². The number of nitrogens with zero attached hydrogens (tertiary/aromatic N) is 2. The van der Waals surface area contributed by atoms with E-state index in [4.69, 9.17) is 0 Å². The van der Waals surface area contributed by atoms with Gasteiger partial charge < -0.3 is 5.32 Å². The van der Waals surface area contributed by atoms with Crippen molar-refractivity contribution in [3.63, 3.8) is 0 Å². The highest BCUT2D eigenvalue weighted by molar-refractivity contribution is 7.89. The van der Waals surface area contributed by atoms with Gasteiger partial charge in [0, 0.05) is 36.5 Å². The molecule has 8 nitrogen and oxygen atoms in total. The summed E-state index contributed by atoms with van der Waals surface area (Å²) in [6, 6.07) is 9.98. The fourth-order valence-corrected chi connectivity index (χ4v) is 4.65. The summed E-state index contributed by atoms with van der Waals surface area (Å²) in [7, 11) is -3.63. The molecule has 1 aliphatic heterocycles. The number of nitrogens with one attached hydrogen (secondary N) is 1. The first-order valence-corrected chi connectivity index (χ1v) is 10.4. The lowest BCUT2D eigenvalue weighted by molar-refractivity contribution is -0.384. The van der Waals surface area contributed by atoms with Crippen molar-refractivity contribution in [2.75, 3.05) is 18.4 Å². The van der Waals surface area contributed by atoms with Crippen LogP contribution < -0.4 is 5.32 Å². The molecule has 1 heterocycles. The Morgan fingerprint density at radius 3 is 2.50 bits per heavy atom. The van der Waals surface area contributed by atoms with Gasteiger partial charge in [-0.25, -0.2) is 8.42 Å². The minimum absolute atomic E-state index is 0.120. The predicted octanol–water partition coefficient (Wildman–Crippen LogP) is 3.33. The molecule has 0 aliphatic carbocycles. The van der Waals surface area contributed by atoms with E-state index in [0.717, 1.165) is 19.3 Å². The maximum absolute atomic E-state index is 12.9. The lowest BCUT2D eigenvalue weighted by atomic mass is 10.1. The molecule has 3 rings (SSSR count). The second-order valence-corrected chi connectivity index (χ2v) is 8.64. The SMILES string of the molecule is Cc1ccc(S(=O)(=O)N2CCCCC2)cc1NC(=O)c1cccc([N+](=O)[O-])c1. The lowest BCUT2D eigenvalue weighted by Gasteiger charge is -2.26. The van der Waals surface area contributed by atoms with Crippen LogP contribution in [0.25, 0.3) is 0 Å². The molecule has 1 N–H and O–H groups in total. The third-order valence-corrected chi connectivity index (χ3v) is 6.62. The molecule has 28 heavy (non-hydrogen) atoms. The monoisotopic (exact) mass is 403 g/mol. The Labute approximate surface area is 163 Å². The highest BCUT2D eigenvalue weighted by atomic mass is 32.2. The van der Waals surface area contributed by atoms with Crippen LogP contribution in [0.15, 0.2) is 47.4 Å². The highest BCUT2D eigenvalue weighted by Crippen LogP contribution is 2.26. The minimum atomic E-state index is -3.63. The van der Waals surface area contributed by atoms with E-state index >= 15 is 0 Å². The van der Waals surface area contributed by atoms with Gasteiger partial charge in [-0.3, -0.25) is 14.9 Å². The van der Waals surface area contributed by atoms with Gasteiger partial charge in [-0.05, 0) is 43.5 Å². The molecule has 0 saturated carbocycles. The number of nitro groups is 1. The first-order valence-electron chi connectivity index (χ1n) is 8.95. The molecule has 0 radical (unpaired) electrons. The summed E-state index contributed by atoms with van der Waals surface area (Å²) in [4.78, 5) is 23.0. The molecule has 1 fully saturated rings. The Morgan fingerprint density at radius 1 is 1.11 bits per heavy atom. The molecule has 0 atom stereocenters. The second kappa shape index (κ2) is 8.07. The quantitative estimate of drug-likeness (QED) is 0.608. The minimum Gasteiger partial charge on any atom is -0.322 e. The predicted molar refractivity (Wildman–Crippen MR) is 105 cm³/mol. The number of hydrogen-bond donors (Lipinski definition) is 1. The molecule has 1 aliphatic rings. The average Bonchev–Trinajstić information content (AvgIpc) is 2.70. The number of rotatable bonds is 5. The second-order valence-electron chi connectivity index (χ2n) is 6.70. The molecule has 1 saturated heterocycles. The Balaban J connectivity index is 1.86. The van der Waals surface area contributed by atoms with Crippen molar-refractivity contribution in [2.24, 2.45) is 0 Å². The van der Waals surface area contributed by atoms with E-state index in [1.165, 1.54) is 40.7 Å². The summed E-state index contributed by atoms with van der Waals surface area (Å²) in [5, 5.41) is 13.6. The number of hydrogen-bond acceptors (Lipinski definition) is 5. The Hall–Kier alpha value is -2.78. The largest absolute Gasteiger partial charge is 0.322 e. The molecule has 0 aromatic heterocycles. The van der Waals surface area contributed by atoms with Crippen LogP contribution in [0.3, 0.4) is 0 Å². The fraction of sp³-hybridized carbons (Fsp3) is 0.316. The number of carbonyl (C=O) groups excluding carboxylic acids is 1. The summed E-state index contributed by atoms with van der Waals surface area (Å²) < 4.78 is 27.2. The van der Waals surface area contributed by atoms with Crippen molar-refractivity contribution >= 4 is 27.3 Å². The smallest absolute Gasteiger partial charge is 0.270 e. The van der Waals surface area contributed by atoms with E-state index in [9.17, 15) is 23.3 Å². The van der Waals surface area contributed by atoms with Gasteiger partial charge in [-0.2, -0.15) is 4.31 Å². The van der Waals surface area contributed by atoms with E-state index < -0.39 is 20.9 Å². The van der Waals surface area contributed by atoms with Gasteiger partial charge in [0.1, 0.15) is 0 Å². The van der Waals surface area contributed by atoms with Crippen molar-refractivity contribution in [2.45, 2.75) is 31.1 Å². The molecule has 1 amide bonds. The first-order chi connectivity index (χ1) is 13.3. The lowest BCUT2D eigenvalue weighted by Crippen LogP contribution is -2.35. The average molecular weight is 403 g/mol. The third-order valence-electron chi connectivity index (χ3n) is 4.73. The molecular formula is C19H21N3O5S. The summed E-state index contributed by atoms with van der Waals surface area (Å²) in [5.74, 6) is -0.542. The van der Waals surface area contributed by atoms with Gasteiger partial charge in [-0.1, -0.05) is 18.6 Å². The van der Waals surface area contributed by atoms with Gasteiger partial charge in [0.2, 0.25) is 10.0 Å². The first kappa shape index (κ1) is 20.0. The third kappa shape index (κ3) is 4.20. The number of benzene rings is 2. The van der Waals surface area contributed by atoms with E-state index in [0.29, 0.717) is 24.3 Å². The van der Waals surface area contributed by atoms with Crippen molar-refractivity contribution in [3.05, 3.63) is 63.7 Å². The maximum Gasteiger partial charge on any atom is 0.270 e. The molecule has 0 unspecified atom stereocenters. The number of carbonyl (C=O) groups is 1. The molecule has 9 heteroatoms. The number of non-ortho nitro benzene ring substituents is 1. The standard InChI is InChI=1S/C19H21N3O5S/c1-14-8-9-17(28(26,27)21-10-3-2-4-11-21)13-18(14)20-19(23)15-6-5-7-16(12-15)22(24)25/h5-9,12-13H,2-4,10-11H2,1H3,(H,20,23). The van der Waals surface area contributed by atoms with Crippen LogP contribution in [0, 0.1) is 17.0 Å². The van der Waals surface area contributed by atoms with Gasteiger partial charge in [0.05, 0.1) is 9.82 Å². The Bertz CT molecular complexity index is 1010. The normalized spacial score (nSPS) is 15.2. The number of aryl methyl sites for hydroxylation is 1. The van der Waals surface area contributed by atoms with Crippen molar-refractivity contribution in [1.29, 1.82) is 0 Å². The zero-order chi connectivity index (χ0) is 20.3. The van der Waals surface area contributed by atoms with Crippen LogP contribution in [-0.2, 0) is 10.0 Å². The van der Waals surface area contributed by atoms with Gasteiger partial charge in [-0.15, -0.1) is 0 Å². The van der Waals surface area contributed by atoms with Crippen LogP contribution in [0.5, 0.6) is 0 Å². The summed E-state index contributed by atoms with van der Waals surface area (Å²) in [5.41, 5.74) is 0.981. The van der Waals surface area contributed by atoms with Gasteiger partial charge in [0.15, 0.2) is 0 Å². The summed E-state index contributed by atoms with van der Waals surface area (Å²) in [6.07, 6.45) is 2.69. The molecule has 0 bridgehead atoms. The number of sulfonamides is 1. The van der Waals surface area contributed by atoms with Crippen LogP contribution in [0.1, 0.15) is 35.2 Å². The maximum atomic E-state index is 12.9. The molecule has 2 aromatic carbocycles. The molecule has 148 valence electrons. The highest BCUT2D eigenvalue weighted by Gasteiger charge is 2.26. The van der Waals surface area contributed by atoms with Crippen LogP contribution in [0.2, 0.25) is 0 Å². The fourth-order valence-electron chi connectivity index (χ4n) is 3.11. The Morgan fingerprint density at radius 2 is 1.82 bits per heavy atom. The van der Waals surface area contributed by atoms with Gasteiger partial charge in [0.25, 0.3) is 11.6 Å². The zero-order valence-corrected chi connectivity index (χ0v) is 16.2. The molecule has 0 spiro atoms. The van der Waals surface area contributed by atoms with Crippen LogP contribution >= 0.6 is 0 Å².